The second-order valence-electron chi connectivity index (χ2n) is 8.70. The van der Waals surface area contributed by atoms with Gasteiger partial charge in [-0.15, -0.1) is 0 Å². The van der Waals surface area contributed by atoms with Crippen molar-refractivity contribution in [2.45, 2.75) is 34.6 Å². The van der Waals surface area contributed by atoms with Crippen LogP contribution in [0.4, 0.5) is 5.69 Å². The van der Waals surface area contributed by atoms with Crippen molar-refractivity contribution in [3.05, 3.63) is 83.1 Å². The normalized spacial score (nSPS) is 11.5. The Hall–Kier alpha value is -3.99. The molecule has 0 atom stereocenters. The maximum Gasteiger partial charge on any atom is 0.248 e. The maximum atomic E-state index is 12.8. The molecule has 1 aromatic heterocycles. The number of hydrogen-bond donors (Lipinski definition) is 1. The van der Waals surface area contributed by atoms with E-state index in [9.17, 15) is 4.79 Å². The number of fused-ring (bicyclic) bond motifs is 1. The molecule has 0 fully saturated rings. The van der Waals surface area contributed by atoms with E-state index in [0.717, 1.165) is 50.3 Å². The summed E-state index contributed by atoms with van der Waals surface area (Å²) in [5, 5.41) is 3.91. The molecule has 180 valence electrons. The molecule has 0 aliphatic heterocycles. The zero-order valence-corrected chi connectivity index (χ0v) is 21.1. The Morgan fingerprint density at radius 2 is 1.77 bits per heavy atom. The van der Waals surface area contributed by atoms with E-state index in [1.807, 2.05) is 51.3 Å². The number of carbonyl (C=O) groups is 1. The van der Waals surface area contributed by atoms with Crippen molar-refractivity contribution in [3.8, 4) is 22.6 Å². The highest BCUT2D eigenvalue weighted by molar-refractivity contribution is 6.06. The molecule has 5 nitrogen and oxygen atoms in total. The van der Waals surface area contributed by atoms with E-state index >= 15 is 0 Å². The van der Waals surface area contributed by atoms with Gasteiger partial charge in [0, 0.05) is 33.8 Å². The number of allylic oxidation sites excluding steroid dienone is 1. The minimum atomic E-state index is -0.213. The number of hydrogen-bond acceptors (Lipinski definition) is 4. The number of nitrogens with one attached hydrogen (secondary N) is 1. The second kappa shape index (κ2) is 10.1. The first-order chi connectivity index (χ1) is 16.8. The molecular formula is C30H31NO4. The Morgan fingerprint density at radius 1 is 1.03 bits per heavy atom. The highest BCUT2D eigenvalue weighted by atomic mass is 16.5. The van der Waals surface area contributed by atoms with Gasteiger partial charge in [0.2, 0.25) is 5.91 Å². The first-order valence-corrected chi connectivity index (χ1v) is 11.7. The molecule has 0 radical (unpaired) electrons. The molecule has 4 aromatic rings. The number of aryl methyl sites for hydroxylation is 3. The van der Waals surface area contributed by atoms with Gasteiger partial charge in [-0.1, -0.05) is 23.8 Å². The van der Waals surface area contributed by atoms with Gasteiger partial charge in [0.15, 0.2) is 0 Å². The average molecular weight is 470 g/mol. The monoisotopic (exact) mass is 469 g/mol. The summed E-state index contributed by atoms with van der Waals surface area (Å²) >= 11 is 0. The molecule has 3 aromatic carbocycles. The largest absolute Gasteiger partial charge is 0.497 e. The summed E-state index contributed by atoms with van der Waals surface area (Å²) in [7, 11) is 1.61. The zero-order chi connectivity index (χ0) is 25.1. The van der Waals surface area contributed by atoms with Gasteiger partial charge >= 0.3 is 0 Å². The Kier molecular flexibility index (Phi) is 6.97. The molecule has 1 N–H and O–H groups in total. The Labute approximate surface area is 206 Å². The lowest BCUT2D eigenvalue weighted by molar-refractivity contribution is -0.111. The molecule has 1 amide bonds. The van der Waals surface area contributed by atoms with E-state index in [-0.39, 0.29) is 5.91 Å². The summed E-state index contributed by atoms with van der Waals surface area (Å²) in [6.07, 6.45) is 3.41. The van der Waals surface area contributed by atoms with Crippen molar-refractivity contribution >= 4 is 28.1 Å². The Balaban J connectivity index is 1.76. The van der Waals surface area contributed by atoms with Crippen LogP contribution in [0, 0.1) is 20.8 Å². The number of benzene rings is 3. The van der Waals surface area contributed by atoms with Crippen LogP contribution in [-0.4, -0.2) is 19.6 Å². The fraction of sp³-hybridized carbons (Fsp3) is 0.233. The lowest BCUT2D eigenvalue weighted by Crippen LogP contribution is -2.09. The smallest absolute Gasteiger partial charge is 0.248 e. The fourth-order valence-electron chi connectivity index (χ4n) is 4.39. The lowest BCUT2D eigenvalue weighted by atomic mass is 9.94. The van der Waals surface area contributed by atoms with E-state index in [0.29, 0.717) is 12.3 Å². The molecule has 0 aliphatic rings. The van der Waals surface area contributed by atoms with E-state index < -0.39 is 0 Å². The summed E-state index contributed by atoms with van der Waals surface area (Å²) in [4.78, 5) is 12.8. The number of anilines is 1. The van der Waals surface area contributed by atoms with E-state index in [2.05, 4.69) is 43.4 Å². The number of carbonyl (C=O) groups excluding carboxylic acids is 1. The van der Waals surface area contributed by atoms with Gasteiger partial charge in [-0.25, -0.2) is 0 Å². The van der Waals surface area contributed by atoms with Gasteiger partial charge < -0.3 is 19.2 Å². The first kappa shape index (κ1) is 24.1. The van der Waals surface area contributed by atoms with Crippen LogP contribution in [0.25, 0.3) is 27.7 Å². The van der Waals surface area contributed by atoms with Gasteiger partial charge in [0.25, 0.3) is 0 Å². The van der Waals surface area contributed by atoms with E-state index in [1.54, 1.807) is 13.2 Å². The van der Waals surface area contributed by atoms with E-state index in [4.69, 9.17) is 13.9 Å². The molecule has 0 aliphatic carbocycles. The molecular weight excluding hydrogens is 438 g/mol. The Bertz CT molecular complexity index is 1410. The van der Waals surface area contributed by atoms with Crippen LogP contribution < -0.4 is 14.8 Å². The predicted octanol–water partition coefficient (Wildman–Crippen LogP) is 7.47. The van der Waals surface area contributed by atoms with Gasteiger partial charge in [-0.05, 0) is 81.7 Å². The number of furan rings is 1. The van der Waals surface area contributed by atoms with Gasteiger partial charge in [-0.2, -0.15) is 0 Å². The molecule has 0 bridgehead atoms. The van der Waals surface area contributed by atoms with Crippen LogP contribution in [0.5, 0.6) is 11.5 Å². The van der Waals surface area contributed by atoms with Crippen molar-refractivity contribution in [2.75, 3.05) is 19.0 Å². The topological polar surface area (TPSA) is 60.7 Å². The van der Waals surface area contributed by atoms with Gasteiger partial charge in [0.1, 0.15) is 17.1 Å². The quantitative estimate of drug-likeness (QED) is 0.285. The van der Waals surface area contributed by atoms with Crippen LogP contribution in [-0.2, 0) is 4.79 Å². The van der Waals surface area contributed by atoms with Crippen molar-refractivity contribution in [2.24, 2.45) is 0 Å². The average Bonchev–Trinajstić information content (AvgIpc) is 3.25. The molecule has 0 unspecified atom stereocenters. The summed E-state index contributed by atoms with van der Waals surface area (Å²) in [5.74, 6) is 1.25. The van der Waals surface area contributed by atoms with Crippen LogP contribution in [0.3, 0.4) is 0 Å². The molecule has 0 saturated carbocycles. The number of methoxy groups -OCH3 is 1. The molecule has 1 heterocycles. The van der Waals surface area contributed by atoms with Crippen molar-refractivity contribution in [3.63, 3.8) is 0 Å². The predicted molar refractivity (Wildman–Crippen MR) is 142 cm³/mol. The van der Waals surface area contributed by atoms with Crippen LogP contribution >= 0.6 is 0 Å². The number of amides is 1. The number of rotatable bonds is 7. The SMILES string of the molecule is CCOc1c(/C(C)=C/C(=O)Nc2ccc(OC)cc2)cc2c(-c3ccc(C)cc3C)coc2c1C. The molecule has 0 spiro atoms. The third-order valence-corrected chi connectivity index (χ3v) is 6.13. The number of ether oxygens (including phenoxy) is 2. The Morgan fingerprint density at radius 3 is 2.43 bits per heavy atom. The second-order valence-corrected chi connectivity index (χ2v) is 8.70. The van der Waals surface area contributed by atoms with Crippen molar-refractivity contribution in [1.29, 1.82) is 0 Å². The van der Waals surface area contributed by atoms with E-state index in [1.165, 1.54) is 11.1 Å². The molecule has 5 heteroatoms. The third kappa shape index (κ3) is 4.94. The lowest BCUT2D eigenvalue weighted by Gasteiger charge is -2.15. The van der Waals surface area contributed by atoms with Crippen molar-refractivity contribution < 1.29 is 18.7 Å². The minimum Gasteiger partial charge on any atom is -0.497 e. The standard InChI is InChI=1S/C30H31NO4/c1-7-34-29-21(5)30-26(27(17-35-30)24-13-8-18(2)14-19(24)3)16-25(29)20(4)15-28(32)31-22-9-11-23(33-6)12-10-22/h8-17H,7H2,1-6H3,(H,31,32)/b20-15+. The highest BCUT2D eigenvalue weighted by Gasteiger charge is 2.20. The highest BCUT2D eigenvalue weighted by Crippen LogP contribution is 2.41. The third-order valence-electron chi connectivity index (χ3n) is 6.13. The first-order valence-electron chi connectivity index (χ1n) is 11.7. The van der Waals surface area contributed by atoms with Crippen molar-refractivity contribution in [1.82, 2.24) is 0 Å². The zero-order valence-electron chi connectivity index (χ0n) is 21.1. The molecule has 35 heavy (non-hydrogen) atoms. The minimum absolute atomic E-state index is 0.213. The van der Waals surface area contributed by atoms with Crippen LogP contribution in [0.2, 0.25) is 0 Å². The molecule has 4 rings (SSSR count). The summed E-state index contributed by atoms with van der Waals surface area (Å²) in [6.45, 7) is 10.6. The summed E-state index contributed by atoms with van der Waals surface area (Å²) < 4.78 is 17.2. The summed E-state index contributed by atoms with van der Waals surface area (Å²) in [5.41, 5.74) is 8.64. The van der Waals surface area contributed by atoms with Gasteiger partial charge in [0.05, 0.1) is 20.0 Å². The van der Waals surface area contributed by atoms with Gasteiger partial charge in [-0.3, -0.25) is 4.79 Å². The van der Waals surface area contributed by atoms with Crippen LogP contribution in [0.15, 0.2) is 65.3 Å². The fourth-order valence-corrected chi connectivity index (χ4v) is 4.39. The maximum absolute atomic E-state index is 12.8. The molecule has 0 saturated heterocycles. The summed E-state index contributed by atoms with van der Waals surface area (Å²) in [6, 6.07) is 15.7. The van der Waals surface area contributed by atoms with Crippen LogP contribution in [0.1, 0.15) is 36.1 Å².